The highest BCUT2D eigenvalue weighted by molar-refractivity contribution is 5.94. The second-order valence-electron chi connectivity index (χ2n) is 5.66. The molecule has 1 unspecified atom stereocenters. The SMILES string of the molecule is COCC1CCCN(C(=O)c2ccc(N(C)C)cc2)C1. The Balaban J connectivity index is 2.02. The first-order valence-electron chi connectivity index (χ1n) is 7.17. The highest BCUT2D eigenvalue weighted by atomic mass is 16.5. The Labute approximate surface area is 121 Å². The van der Waals surface area contributed by atoms with Gasteiger partial charge in [0.1, 0.15) is 0 Å². The number of anilines is 1. The number of piperidine rings is 1. The van der Waals surface area contributed by atoms with Crippen LogP contribution in [-0.2, 0) is 4.74 Å². The van der Waals surface area contributed by atoms with Crippen LogP contribution < -0.4 is 4.90 Å². The van der Waals surface area contributed by atoms with Crippen molar-refractivity contribution in [1.82, 2.24) is 4.90 Å². The Morgan fingerprint density at radius 1 is 1.35 bits per heavy atom. The maximum atomic E-state index is 12.5. The Bertz CT molecular complexity index is 440. The van der Waals surface area contributed by atoms with Crippen LogP contribution in [0.25, 0.3) is 0 Å². The fourth-order valence-corrected chi connectivity index (χ4v) is 2.71. The van der Waals surface area contributed by atoms with Gasteiger partial charge in [-0.25, -0.2) is 0 Å². The molecule has 2 rings (SSSR count). The van der Waals surface area contributed by atoms with Crippen LogP contribution in [0.4, 0.5) is 5.69 Å². The van der Waals surface area contributed by atoms with Gasteiger partial charge in [-0.3, -0.25) is 4.79 Å². The lowest BCUT2D eigenvalue weighted by Crippen LogP contribution is -2.41. The van der Waals surface area contributed by atoms with Gasteiger partial charge in [-0.1, -0.05) is 0 Å². The van der Waals surface area contributed by atoms with Crippen molar-refractivity contribution in [3.63, 3.8) is 0 Å². The molecule has 1 aliphatic rings. The van der Waals surface area contributed by atoms with Gasteiger partial charge in [0, 0.05) is 45.5 Å². The number of hydrogen-bond donors (Lipinski definition) is 0. The van der Waals surface area contributed by atoms with Gasteiger partial charge in [0.2, 0.25) is 0 Å². The van der Waals surface area contributed by atoms with Crippen LogP contribution in [0.15, 0.2) is 24.3 Å². The van der Waals surface area contributed by atoms with Crippen LogP contribution in [-0.4, -0.2) is 51.7 Å². The molecule has 0 aromatic heterocycles. The largest absolute Gasteiger partial charge is 0.384 e. The highest BCUT2D eigenvalue weighted by Gasteiger charge is 2.24. The first-order valence-corrected chi connectivity index (χ1v) is 7.17. The smallest absolute Gasteiger partial charge is 0.253 e. The molecule has 0 bridgehead atoms. The third-order valence-electron chi connectivity index (χ3n) is 3.84. The number of methoxy groups -OCH3 is 1. The summed E-state index contributed by atoms with van der Waals surface area (Å²) in [6, 6.07) is 7.81. The van der Waals surface area contributed by atoms with Crippen molar-refractivity contribution in [1.29, 1.82) is 0 Å². The van der Waals surface area contributed by atoms with Gasteiger partial charge >= 0.3 is 0 Å². The Kier molecular flexibility index (Phi) is 5.01. The summed E-state index contributed by atoms with van der Waals surface area (Å²) >= 11 is 0. The average molecular weight is 276 g/mol. The molecule has 1 aromatic carbocycles. The van der Waals surface area contributed by atoms with Crippen LogP contribution in [0.5, 0.6) is 0 Å². The molecule has 0 saturated carbocycles. The van der Waals surface area contributed by atoms with Gasteiger partial charge < -0.3 is 14.5 Å². The molecule has 1 saturated heterocycles. The van der Waals surface area contributed by atoms with E-state index in [1.54, 1.807) is 7.11 Å². The Morgan fingerprint density at radius 3 is 2.65 bits per heavy atom. The summed E-state index contributed by atoms with van der Waals surface area (Å²) in [6.07, 6.45) is 2.22. The minimum atomic E-state index is 0.135. The quantitative estimate of drug-likeness (QED) is 0.845. The van der Waals surface area contributed by atoms with Gasteiger partial charge in [-0.15, -0.1) is 0 Å². The number of likely N-dealkylation sites (tertiary alicyclic amines) is 1. The zero-order valence-corrected chi connectivity index (χ0v) is 12.6. The Morgan fingerprint density at radius 2 is 2.05 bits per heavy atom. The molecule has 4 heteroatoms. The maximum Gasteiger partial charge on any atom is 0.253 e. The normalized spacial score (nSPS) is 18.9. The predicted octanol–water partition coefficient (Wildman–Crippen LogP) is 2.25. The predicted molar refractivity (Wildman–Crippen MR) is 81.3 cm³/mol. The van der Waals surface area contributed by atoms with Crippen LogP contribution in [0, 0.1) is 5.92 Å². The molecule has 1 atom stereocenters. The summed E-state index contributed by atoms with van der Waals surface area (Å²) in [4.78, 5) is 16.5. The molecular weight excluding hydrogens is 252 g/mol. The monoisotopic (exact) mass is 276 g/mol. The summed E-state index contributed by atoms with van der Waals surface area (Å²) < 4.78 is 5.21. The summed E-state index contributed by atoms with van der Waals surface area (Å²) in [6.45, 7) is 2.40. The number of nitrogens with zero attached hydrogens (tertiary/aromatic N) is 2. The van der Waals surface area contributed by atoms with Crippen molar-refractivity contribution in [2.24, 2.45) is 5.92 Å². The van der Waals surface area contributed by atoms with Crippen molar-refractivity contribution in [2.45, 2.75) is 12.8 Å². The van der Waals surface area contributed by atoms with E-state index in [1.807, 2.05) is 48.2 Å². The number of carbonyl (C=O) groups is 1. The molecule has 0 spiro atoms. The van der Waals surface area contributed by atoms with Gasteiger partial charge in [-0.05, 0) is 43.0 Å². The van der Waals surface area contributed by atoms with Gasteiger partial charge in [0.05, 0.1) is 6.61 Å². The second kappa shape index (κ2) is 6.75. The van der Waals surface area contributed by atoms with E-state index in [1.165, 1.54) is 0 Å². The van der Waals surface area contributed by atoms with Crippen molar-refractivity contribution in [2.75, 3.05) is 45.8 Å². The first-order chi connectivity index (χ1) is 9.61. The molecule has 1 aliphatic heterocycles. The third kappa shape index (κ3) is 3.51. The molecular formula is C16H24N2O2. The van der Waals surface area contributed by atoms with Crippen molar-refractivity contribution in [3.8, 4) is 0 Å². The van der Waals surface area contributed by atoms with E-state index in [4.69, 9.17) is 4.74 Å². The fraction of sp³-hybridized carbons (Fsp3) is 0.562. The molecule has 110 valence electrons. The van der Waals surface area contributed by atoms with Crippen LogP contribution in [0.2, 0.25) is 0 Å². The zero-order valence-electron chi connectivity index (χ0n) is 12.6. The lowest BCUT2D eigenvalue weighted by atomic mass is 9.98. The molecule has 4 nitrogen and oxygen atoms in total. The number of carbonyl (C=O) groups excluding carboxylic acids is 1. The van der Waals surface area contributed by atoms with E-state index in [0.29, 0.717) is 5.92 Å². The molecule has 0 N–H and O–H groups in total. The van der Waals surface area contributed by atoms with Gasteiger partial charge in [-0.2, -0.15) is 0 Å². The average Bonchev–Trinajstić information content (AvgIpc) is 2.47. The lowest BCUT2D eigenvalue weighted by molar-refractivity contribution is 0.0571. The van der Waals surface area contributed by atoms with E-state index >= 15 is 0 Å². The van der Waals surface area contributed by atoms with Gasteiger partial charge in [0.25, 0.3) is 5.91 Å². The standard InChI is InChI=1S/C16H24N2O2/c1-17(2)15-8-6-14(7-9-15)16(19)18-10-4-5-13(11-18)12-20-3/h6-9,13H,4-5,10-12H2,1-3H3. The molecule has 1 heterocycles. The zero-order chi connectivity index (χ0) is 14.5. The van der Waals surface area contributed by atoms with Gasteiger partial charge in [0.15, 0.2) is 0 Å². The van der Waals surface area contributed by atoms with Crippen molar-refractivity contribution in [3.05, 3.63) is 29.8 Å². The van der Waals surface area contributed by atoms with Crippen LogP contribution in [0.1, 0.15) is 23.2 Å². The minimum absolute atomic E-state index is 0.135. The molecule has 1 amide bonds. The number of ether oxygens (including phenoxy) is 1. The summed E-state index contributed by atoms with van der Waals surface area (Å²) in [5.41, 5.74) is 1.88. The molecule has 20 heavy (non-hydrogen) atoms. The van der Waals surface area contributed by atoms with Crippen molar-refractivity contribution < 1.29 is 9.53 Å². The molecule has 0 radical (unpaired) electrons. The summed E-state index contributed by atoms with van der Waals surface area (Å²) in [5, 5.41) is 0. The maximum absolute atomic E-state index is 12.5. The highest BCUT2D eigenvalue weighted by Crippen LogP contribution is 2.20. The third-order valence-corrected chi connectivity index (χ3v) is 3.84. The van der Waals surface area contributed by atoms with E-state index in [9.17, 15) is 4.79 Å². The number of rotatable bonds is 4. The molecule has 1 aromatic rings. The summed E-state index contributed by atoms with van der Waals surface area (Å²) in [7, 11) is 5.72. The van der Waals surface area contributed by atoms with E-state index in [0.717, 1.165) is 43.8 Å². The van der Waals surface area contributed by atoms with E-state index in [-0.39, 0.29) is 5.91 Å². The van der Waals surface area contributed by atoms with E-state index < -0.39 is 0 Å². The van der Waals surface area contributed by atoms with E-state index in [2.05, 4.69) is 0 Å². The Hall–Kier alpha value is -1.55. The lowest BCUT2D eigenvalue weighted by Gasteiger charge is -2.32. The molecule has 1 fully saturated rings. The number of benzene rings is 1. The number of amides is 1. The van der Waals surface area contributed by atoms with Crippen LogP contribution in [0.3, 0.4) is 0 Å². The minimum Gasteiger partial charge on any atom is -0.384 e. The summed E-state index contributed by atoms with van der Waals surface area (Å²) in [5.74, 6) is 0.606. The number of hydrogen-bond acceptors (Lipinski definition) is 3. The molecule has 0 aliphatic carbocycles. The van der Waals surface area contributed by atoms with Crippen molar-refractivity contribution >= 4 is 11.6 Å². The topological polar surface area (TPSA) is 32.8 Å². The second-order valence-corrected chi connectivity index (χ2v) is 5.66. The fourth-order valence-electron chi connectivity index (χ4n) is 2.71. The first kappa shape index (κ1) is 14.9. The van der Waals surface area contributed by atoms with Crippen LogP contribution >= 0.6 is 0 Å².